The van der Waals surface area contributed by atoms with Gasteiger partial charge in [-0.15, -0.1) is 0 Å². The summed E-state index contributed by atoms with van der Waals surface area (Å²) in [7, 11) is 0. The Bertz CT molecular complexity index is 828. The van der Waals surface area contributed by atoms with Crippen molar-refractivity contribution < 1.29 is 29.2 Å². The third-order valence-electron chi connectivity index (χ3n) is 4.17. The molecule has 0 spiro atoms. The number of nitriles is 1. The quantitative estimate of drug-likeness (QED) is 0.517. The van der Waals surface area contributed by atoms with Crippen LogP contribution in [0.25, 0.3) is 0 Å². The topological polar surface area (TPSA) is 121 Å². The summed E-state index contributed by atoms with van der Waals surface area (Å²) < 4.78 is 16.8. The van der Waals surface area contributed by atoms with Crippen molar-refractivity contribution >= 4 is 11.8 Å². The molecular formula is C22H26N2O6. The van der Waals surface area contributed by atoms with Crippen molar-refractivity contribution in [1.82, 2.24) is 0 Å². The van der Waals surface area contributed by atoms with Gasteiger partial charge in [0.2, 0.25) is 0 Å². The largest absolute Gasteiger partial charge is 0.491 e. The summed E-state index contributed by atoms with van der Waals surface area (Å²) >= 11 is 0. The smallest absolute Gasteiger partial charge is 0.412 e. The van der Waals surface area contributed by atoms with Crippen LogP contribution in [0.3, 0.4) is 0 Å². The molecule has 3 N–H and O–H groups in total. The van der Waals surface area contributed by atoms with Gasteiger partial charge in [0, 0.05) is 25.3 Å². The van der Waals surface area contributed by atoms with E-state index in [9.17, 15) is 9.90 Å². The Morgan fingerprint density at radius 1 is 1.17 bits per heavy atom. The number of hydrogen-bond acceptors (Lipinski definition) is 7. The van der Waals surface area contributed by atoms with E-state index in [1.54, 1.807) is 48.5 Å². The first kappa shape index (κ1) is 23.2. The third kappa shape index (κ3) is 7.04. The van der Waals surface area contributed by atoms with Crippen molar-refractivity contribution in [3.8, 4) is 11.8 Å². The van der Waals surface area contributed by atoms with E-state index in [4.69, 9.17) is 24.6 Å². The first-order chi connectivity index (χ1) is 14.6. The Labute approximate surface area is 175 Å². The number of benzene rings is 2. The van der Waals surface area contributed by atoms with Crippen LogP contribution in [0.4, 0.5) is 10.5 Å². The number of amides is 1. The minimum atomic E-state index is -0.798. The lowest BCUT2D eigenvalue weighted by Crippen LogP contribution is -2.29. The van der Waals surface area contributed by atoms with Crippen LogP contribution in [0.2, 0.25) is 0 Å². The fourth-order valence-electron chi connectivity index (χ4n) is 2.86. The van der Waals surface area contributed by atoms with Gasteiger partial charge in [0.05, 0.1) is 18.2 Å². The number of ether oxygens (including phenoxy) is 3. The van der Waals surface area contributed by atoms with Crippen LogP contribution in [-0.2, 0) is 9.47 Å². The maximum atomic E-state index is 12.5. The van der Waals surface area contributed by atoms with E-state index in [1.165, 1.54) is 0 Å². The molecule has 2 rings (SSSR count). The van der Waals surface area contributed by atoms with Crippen LogP contribution in [0, 0.1) is 11.3 Å². The number of carbonyl (C=O) groups excluding carboxylic acids is 1. The van der Waals surface area contributed by atoms with E-state index in [1.807, 2.05) is 13.0 Å². The zero-order valence-corrected chi connectivity index (χ0v) is 16.8. The van der Waals surface area contributed by atoms with Crippen molar-refractivity contribution in [2.24, 2.45) is 0 Å². The number of nitrogens with one attached hydrogen (secondary N) is 1. The molecule has 0 radical (unpaired) electrons. The molecule has 0 fully saturated rings. The lowest BCUT2D eigenvalue weighted by atomic mass is 10.0. The second-order valence-electron chi connectivity index (χ2n) is 6.29. The van der Waals surface area contributed by atoms with Crippen molar-refractivity contribution in [3.63, 3.8) is 0 Å². The highest BCUT2D eigenvalue weighted by Crippen LogP contribution is 2.29. The number of carbonyl (C=O) groups is 1. The summed E-state index contributed by atoms with van der Waals surface area (Å²) in [6.45, 7) is 2.08. The van der Waals surface area contributed by atoms with Crippen molar-refractivity contribution in [3.05, 3.63) is 59.7 Å². The maximum absolute atomic E-state index is 12.5. The van der Waals surface area contributed by atoms with E-state index in [2.05, 4.69) is 5.32 Å². The Morgan fingerprint density at radius 2 is 1.93 bits per heavy atom. The van der Waals surface area contributed by atoms with Gasteiger partial charge in [-0.25, -0.2) is 4.79 Å². The minimum Gasteiger partial charge on any atom is -0.491 e. The molecule has 2 aromatic carbocycles. The summed E-state index contributed by atoms with van der Waals surface area (Å²) in [5.74, 6) is 0.516. The van der Waals surface area contributed by atoms with Gasteiger partial charge in [0.25, 0.3) is 0 Å². The highest BCUT2D eigenvalue weighted by atomic mass is 16.6. The van der Waals surface area contributed by atoms with E-state index >= 15 is 0 Å². The van der Waals surface area contributed by atoms with Crippen LogP contribution in [0.1, 0.15) is 30.6 Å². The van der Waals surface area contributed by atoms with Gasteiger partial charge < -0.3 is 24.4 Å². The van der Waals surface area contributed by atoms with Gasteiger partial charge in [-0.3, -0.25) is 5.32 Å². The molecule has 0 aromatic heterocycles. The molecule has 0 saturated heterocycles. The number of nitrogens with zero attached hydrogens (tertiary/aromatic N) is 1. The predicted molar refractivity (Wildman–Crippen MR) is 110 cm³/mol. The summed E-state index contributed by atoms with van der Waals surface area (Å²) in [4.78, 5) is 12.5. The van der Waals surface area contributed by atoms with E-state index < -0.39 is 18.3 Å². The summed E-state index contributed by atoms with van der Waals surface area (Å²) in [5, 5.41) is 29.9. The van der Waals surface area contributed by atoms with Gasteiger partial charge in [-0.05, 0) is 48.9 Å². The molecule has 0 unspecified atom stereocenters. The zero-order chi connectivity index (χ0) is 21.8. The van der Waals surface area contributed by atoms with Gasteiger partial charge in [0.15, 0.2) is 6.10 Å². The molecular weight excluding hydrogens is 388 g/mol. The van der Waals surface area contributed by atoms with Gasteiger partial charge in [-0.1, -0.05) is 12.1 Å². The molecule has 0 aliphatic rings. The average Bonchev–Trinajstić information content (AvgIpc) is 2.76. The summed E-state index contributed by atoms with van der Waals surface area (Å²) in [6, 6.07) is 15.4. The standard InChI is InChI=1S/C22H26N2O6/c1-2-28-20(10-11-25)21(17-4-3-5-19(14-17)29-13-12-26)30-22(27)24-18-8-6-16(15-23)7-9-18/h3-9,14,20-21,25-26H,2,10-13H2,1H3,(H,24,27)/t20-,21-/m1/s1. The first-order valence-electron chi connectivity index (χ1n) is 9.65. The highest BCUT2D eigenvalue weighted by molar-refractivity contribution is 5.84. The van der Waals surface area contributed by atoms with E-state index in [-0.39, 0.29) is 26.2 Å². The fraction of sp³-hybridized carbons (Fsp3) is 0.364. The molecule has 30 heavy (non-hydrogen) atoms. The van der Waals surface area contributed by atoms with Crippen molar-refractivity contribution in [2.75, 3.05) is 31.7 Å². The summed E-state index contributed by atoms with van der Waals surface area (Å²) in [5.41, 5.74) is 1.59. The molecule has 2 atom stereocenters. The SMILES string of the molecule is CCO[C@H](CCO)[C@H](OC(=O)Nc1ccc(C#N)cc1)c1cccc(OCCO)c1. The molecule has 0 aliphatic heterocycles. The molecule has 2 aromatic rings. The Morgan fingerprint density at radius 3 is 2.57 bits per heavy atom. The number of rotatable bonds is 11. The molecule has 1 amide bonds. The van der Waals surface area contributed by atoms with E-state index in [0.717, 1.165) is 0 Å². The first-order valence-corrected chi connectivity index (χ1v) is 9.65. The summed E-state index contributed by atoms with van der Waals surface area (Å²) in [6.07, 6.45) is -1.80. The predicted octanol–water partition coefficient (Wildman–Crippen LogP) is 3.01. The van der Waals surface area contributed by atoms with Gasteiger partial charge in [0.1, 0.15) is 18.5 Å². The second kappa shape index (κ2) is 12.4. The van der Waals surface area contributed by atoms with Crippen LogP contribution in [0.5, 0.6) is 5.75 Å². The average molecular weight is 414 g/mol. The van der Waals surface area contributed by atoms with Crippen molar-refractivity contribution in [2.45, 2.75) is 25.6 Å². The lowest BCUT2D eigenvalue weighted by molar-refractivity contribution is -0.0484. The molecule has 8 nitrogen and oxygen atoms in total. The Hall–Kier alpha value is -3.12. The van der Waals surface area contributed by atoms with Crippen molar-refractivity contribution in [1.29, 1.82) is 5.26 Å². The maximum Gasteiger partial charge on any atom is 0.412 e. The highest BCUT2D eigenvalue weighted by Gasteiger charge is 2.28. The fourth-order valence-corrected chi connectivity index (χ4v) is 2.86. The van der Waals surface area contributed by atoms with Crippen LogP contribution < -0.4 is 10.1 Å². The van der Waals surface area contributed by atoms with Crippen LogP contribution in [0.15, 0.2) is 48.5 Å². The van der Waals surface area contributed by atoms with E-state index in [0.29, 0.717) is 29.2 Å². The molecule has 160 valence electrons. The molecule has 0 aliphatic carbocycles. The van der Waals surface area contributed by atoms with Gasteiger partial charge in [-0.2, -0.15) is 5.26 Å². The molecule has 0 heterocycles. The monoisotopic (exact) mass is 414 g/mol. The molecule has 0 bridgehead atoms. The Kier molecular flexibility index (Phi) is 9.61. The Balaban J connectivity index is 2.21. The van der Waals surface area contributed by atoms with Crippen LogP contribution in [-0.4, -0.2) is 48.8 Å². The number of anilines is 1. The third-order valence-corrected chi connectivity index (χ3v) is 4.17. The minimum absolute atomic E-state index is 0.122. The normalized spacial score (nSPS) is 12.5. The lowest BCUT2D eigenvalue weighted by Gasteiger charge is -2.27. The zero-order valence-electron chi connectivity index (χ0n) is 16.8. The second-order valence-corrected chi connectivity index (χ2v) is 6.29. The number of aliphatic hydroxyl groups is 2. The van der Waals surface area contributed by atoms with Gasteiger partial charge >= 0.3 is 6.09 Å². The molecule has 0 saturated carbocycles. The number of hydrogen-bond donors (Lipinski definition) is 3. The molecule has 8 heteroatoms. The number of aliphatic hydroxyl groups excluding tert-OH is 2. The van der Waals surface area contributed by atoms with Crippen LogP contribution >= 0.6 is 0 Å².